The highest BCUT2D eigenvalue weighted by atomic mass is 32.1. The van der Waals surface area contributed by atoms with Gasteiger partial charge in [-0.15, -0.1) is 0 Å². The van der Waals surface area contributed by atoms with E-state index < -0.39 is 0 Å². The number of anilines is 1. The molecule has 1 saturated carbocycles. The van der Waals surface area contributed by atoms with E-state index in [0.717, 1.165) is 18.5 Å². The minimum atomic E-state index is -0.00874. The maximum atomic E-state index is 11.4. The molecule has 0 aliphatic heterocycles. The molecular formula is C13H17N3OS. The van der Waals surface area contributed by atoms with E-state index in [4.69, 9.17) is 12.2 Å². The van der Waals surface area contributed by atoms with Crippen LogP contribution in [0.2, 0.25) is 0 Å². The van der Waals surface area contributed by atoms with Crippen molar-refractivity contribution in [1.82, 2.24) is 10.6 Å². The van der Waals surface area contributed by atoms with Gasteiger partial charge >= 0.3 is 0 Å². The van der Waals surface area contributed by atoms with E-state index in [-0.39, 0.29) is 12.5 Å². The van der Waals surface area contributed by atoms with Crippen molar-refractivity contribution in [2.45, 2.75) is 25.8 Å². The molecule has 1 aliphatic carbocycles. The number of aryl methyl sites for hydroxylation is 1. The monoisotopic (exact) mass is 263 g/mol. The van der Waals surface area contributed by atoms with Crippen molar-refractivity contribution < 1.29 is 4.79 Å². The van der Waals surface area contributed by atoms with Gasteiger partial charge in [-0.3, -0.25) is 4.79 Å². The van der Waals surface area contributed by atoms with E-state index in [2.05, 4.69) is 16.0 Å². The molecular weight excluding hydrogens is 246 g/mol. The van der Waals surface area contributed by atoms with Crippen LogP contribution >= 0.6 is 12.2 Å². The minimum Gasteiger partial charge on any atom is -0.353 e. The first-order valence-corrected chi connectivity index (χ1v) is 6.45. The molecule has 96 valence electrons. The lowest BCUT2D eigenvalue weighted by Crippen LogP contribution is -2.39. The molecule has 1 fully saturated rings. The highest BCUT2D eigenvalue weighted by Crippen LogP contribution is 2.18. The van der Waals surface area contributed by atoms with Crippen LogP contribution in [0, 0.1) is 6.92 Å². The van der Waals surface area contributed by atoms with Gasteiger partial charge in [0.15, 0.2) is 5.11 Å². The second kappa shape index (κ2) is 5.82. The Labute approximate surface area is 112 Å². The molecule has 0 saturated heterocycles. The molecule has 0 bridgehead atoms. The maximum Gasteiger partial charge on any atom is 0.239 e. The SMILES string of the molecule is Cc1ccc(NC(=S)NCC(=O)NC2CC2)cc1. The fourth-order valence-electron chi connectivity index (χ4n) is 1.48. The molecule has 5 heteroatoms. The third-order valence-electron chi connectivity index (χ3n) is 2.66. The summed E-state index contributed by atoms with van der Waals surface area (Å²) in [6.07, 6.45) is 2.19. The number of hydrogen-bond acceptors (Lipinski definition) is 2. The summed E-state index contributed by atoms with van der Waals surface area (Å²) >= 11 is 5.11. The van der Waals surface area contributed by atoms with Gasteiger partial charge in [0.2, 0.25) is 5.91 Å². The average Bonchev–Trinajstić information content (AvgIpc) is 3.13. The number of nitrogens with one attached hydrogen (secondary N) is 3. The number of carbonyl (C=O) groups excluding carboxylic acids is 1. The Hall–Kier alpha value is -1.62. The van der Waals surface area contributed by atoms with Crippen molar-refractivity contribution in [1.29, 1.82) is 0 Å². The fraction of sp³-hybridized carbons (Fsp3) is 0.385. The van der Waals surface area contributed by atoms with Crippen molar-refractivity contribution >= 4 is 28.9 Å². The Bertz CT molecular complexity index is 440. The summed E-state index contributed by atoms with van der Waals surface area (Å²) in [5, 5.41) is 9.28. The summed E-state index contributed by atoms with van der Waals surface area (Å²) in [5.74, 6) is -0.00874. The van der Waals surface area contributed by atoms with Crippen LogP contribution in [0.4, 0.5) is 5.69 Å². The van der Waals surface area contributed by atoms with Gasteiger partial charge in [0.1, 0.15) is 0 Å². The zero-order chi connectivity index (χ0) is 13.0. The molecule has 0 heterocycles. The molecule has 2 rings (SSSR count). The standard InChI is InChI=1S/C13H17N3OS/c1-9-2-4-11(5-3-9)16-13(18)14-8-12(17)15-10-6-7-10/h2-5,10H,6-8H2,1H3,(H,15,17)(H2,14,16,18). The van der Waals surface area contributed by atoms with Gasteiger partial charge in [-0.05, 0) is 44.1 Å². The summed E-state index contributed by atoms with van der Waals surface area (Å²) in [7, 11) is 0. The van der Waals surface area contributed by atoms with Crippen LogP contribution in [0.1, 0.15) is 18.4 Å². The lowest BCUT2D eigenvalue weighted by atomic mass is 10.2. The van der Waals surface area contributed by atoms with E-state index in [9.17, 15) is 4.79 Å². The number of hydrogen-bond donors (Lipinski definition) is 3. The molecule has 18 heavy (non-hydrogen) atoms. The van der Waals surface area contributed by atoms with Crippen LogP contribution in [0.5, 0.6) is 0 Å². The summed E-state index contributed by atoms with van der Waals surface area (Å²) in [6.45, 7) is 2.25. The number of amides is 1. The largest absolute Gasteiger partial charge is 0.353 e. The Morgan fingerprint density at radius 1 is 1.33 bits per heavy atom. The third kappa shape index (κ3) is 4.33. The zero-order valence-corrected chi connectivity index (χ0v) is 11.1. The summed E-state index contributed by atoms with van der Waals surface area (Å²) in [5.41, 5.74) is 2.11. The van der Waals surface area contributed by atoms with Gasteiger partial charge in [0, 0.05) is 11.7 Å². The number of benzene rings is 1. The molecule has 1 aromatic carbocycles. The molecule has 1 aromatic rings. The first-order chi connectivity index (χ1) is 8.63. The van der Waals surface area contributed by atoms with E-state index in [0.29, 0.717) is 11.2 Å². The van der Waals surface area contributed by atoms with Gasteiger partial charge in [0.05, 0.1) is 6.54 Å². The van der Waals surface area contributed by atoms with Crippen molar-refractivity contribution in [3.8, 4) is 0 Å². The Balaban J connectivity index is 1.70. The number of carbonyl (C=O) groups is 1. The lowest BCUT2D eigenvalue weighted by Gasteiger charge is -2.10. The summed E-state index contributed by atoms with van der Waals surface area (Å²) in [4.78, 5) is 11.4. The van der Waals surface area contributed by atoms with E-state index in [1.807, 2.05) is 31.2 Å². The van der Waals surface area contributed by atoms with E-state index in [1.54, 1.807) is 0 Å². The normalized spacial score (nSPS) is 13.8. The van der Waals surface area contributed by atoms with Gasteiger partial charge in [-0.25, -0.2) is 0 Å². The fourth-order valence-corrected chi connectivity index (χ4v) is 1.67. The Morgan fingerprint density at radius 3 is 2.61 bits per heavy atom. The molecule has 1 amide bonds. The number of rotatable bonds is 4. The van der Waals surface area contributed by atoms with E-state index in [1.165, 1.54) is 5.56 Å². The van der Waals surface area contributed by atoms with E-state index >= 15 is 0 Å². The van der Waals surface area contributed by atoms with Crippen molar-refractivity contribution in [3.05, 3.63) is 29.8 Å². The molecule has 4 nitrogen and oxygen atoms in total. The molecule has 1 aliphatic rings. The lowest BCUT2D eigenvalue weighted by molar-refractivity contribution is -0.120. The molecule has 0 spiro atoms. The molecule has 0 unspecified atom stereocenters. The highest BCUT2D eigenvalue weighted by Gasteiger charge is 2.22. The predicted octanol–water partition coefficient (Wildman–Crippen LogP) is 1.56. The second-order valence-corrected chi connectivity index (χ2v) is 4.92. The average molecular weight is 263 g/mol. The molecule has 0 atom stereocenters. The molecule has 0 aromatic heterocycles. The second-order valence-electron chi connectivity index (χ2n) is 4.52. The van der Waals surface area contributed by atoms with Crippen LogP contribution in [0.15, 0.2) is 24.3 Å². The van der Waals surface area contributed by atoms with Gasteiger partial charge in [-0.2, -0.15) is 0 Å². The predicted molar refractivity (Wildman–Crippen MR) is 76.6 cm³/mol. The van der Waals surface area contributed by atoms with Crippen molar-refractivity contribution in [2.75, 3.05) is 11.9 Å². The minimum absolute atomic E-state index is 0.00874. The first-order valence-electron chi connectivity index (χ1n) is 6.04. The van der Waals surface area contributed by atoms with Gasteiger partial charge in [-0.1, -0.05) is 17.7 Å². The quantitative estimate of drug-likeness (QED) is 0.722. The van der Waals surface area contributed by atoms with Crippen molar-refractivity contribution in [2.24, 2.45) is 0 Å². The van der Waals surface area contributed by atoms with Gasteiger partial charge < -0.3 is 16.0 Å². The topological polar surface area (TPSA) is 53.2 Å². The van der Waals surface area contributed by atoms with Crippen LogP contribution in [-0.4, -0.2) is 23.6 Å². The zero-order valence-electron chi connectivity index (χ0n) is 10.3. The van der Waals surface area contributed by atoms with Crippen molar-refractivity contribution in [3.63, 3.8) is 0 Å². The number of thiocarbonyl (C=S) groups is 1. The van der Waals surface area contributed by atoms with Crippen LogP contribution in [-0.2, 0) is 4.79 Å². The maximum absolute atomic E-state index is 11.4. The summed E-state index contributed by atoms with van der Waals surface area (Å²) in [6, 6.07) is 8.30. The third-order valence-corrected chi connectivity index (χ3v) is 2.91. The Morgan fingerprint density at radius 2 is 2.00 bits per heavy atom. The Kier molecular flexibility index (Phi) is 4.15. The van der Waals surface area contributed by atoms with Crippen LogP contribution in [0.3, 0.4) is 0 Å². The first kappa shape index (κ1) is 12.8. The van der Waals surface area contributed by atoms with Crippen LogP contribution < -0.4 is 16.0 Å². The van der Waals surface area contributed by atoms with Gasteiger partial charge in [0.25, 0.3) is 0 Å². The summed E-state index contributed by atoms with van der Waals surface area (Å²) < 4.78 is 0. The smallest absolute Gasteiger partial charge is 0.239 e. The van der Waals surface area contributed by atoms with Crippen LogP contribution in [0.25, 0.3) is 0 Å². The highest BCUT2D eigenvalue weighted by molar-refractivity contribution is 7.80. The molecule has 3 N–H and O–H groups in total. The molecule has 0 radical (unpaired) electrons.